The van der Waals surface area contributed by atoms with Crippen molar-refractivity contribution in [1.82, 2.24) is 9.55 Å². The molecule has 1 aromatic heterocycles. The summed E-state index contributed by atoms with van der Waals surface area (Å²) in [5, 5.41) is 37.0. The van der Waals surface area contributed by atoms with Crippen LogP contribution in [0.5, 0.6) is 0 Å². The van der Waals surface area contributed by atoms with E-state index in [2.05, 4.69) is 0 Å². The Bertz CT molecular complexity index is 629. The molecule has 0 aromatic carbocycles. The molecule has 1 saturated heterocycles. The van der Waals surface area contributed by atoms with Crippen LogP contribution in [-0.2, 0) is 4.74 Å². The average molecular weight is 269 g/mol. The Labute approximate surface area is 105 Å². The summed E-state index contributed by atoms with van der Waals surface area (Å²) in [4.78, 5) is 24.7. The van der Waals surface area contributed by atoms with E-state index in [-0.39, 0.29) is 5.56 Å². The minimum atomic E-state index is -1.47. The Morgan fingerprint density at radius 3 is 2.63 bits per heavy atom. The van der Waals surface area contributed by atoms with Gasteiger partial charge in [0, 0.05) is 6.20 Å². The van der Waals surface area contributed by atoms with Gasteiger partial charge in [-0.1, -0.05) is 0 Å². The van der Waals surface area contributed by atoms with Crippen LogP contribution in [0.1, 0.15) is 11.8 Å². The number of hydrogen-bond donors (Lipinski definition) is 4. The zero-order valence-corrected chi connectivity index (χ0v) is 9.55. The first-order valence-corrected chi connectivity index (χ1v) is 5.37. The highest BCUT2D eigenvalue weighted by Gasteiger charge is 2.43. The number of nitrogens with zero attached hydrogens (tertiary/aromatic N) is 2. The lowest BCUT2D eigenvalue weighted by Crippen LogP contribution is -2.38. The van der Waals surface area contributed by atoms with Crippen LogP contribution in [0.25, 0.3) is 0 Å². The van der Waals surface area contributed by atoms with Gasteiger partial charge in [-0.2, -0.15) is 5.26 Å². The SMILES string of the molecule is N#Cc1cn([C@@H]2O[C@H](CO)[C@@H](O)[C@@H]2O)c(=O)[nH]c1=O. The second-order valence-corrected chi connectivity index (χ2v) is 4.05. The van der Waals surface area contributed by atoms with Gasteiger partial charge < -0.3 is 20.1 Å². The topological polar surface area (TPSA) is 149 Å². The van der Waals surface area contributed by atoms with Crippen molar-refractivity contribution >= 4 is 0 Å². The molecule has 4 N–H and O–H groups in total. The molecule has 0 aliphatic carbocycles. The van der Waals surface area contributed by atoms with Gasteiger partial charge in [0.15, 0.2) is 6.23 Å². The summed E-state index contributed by atoms with van der Waals surface area (Å²) in [5.74, 6) is 0. The fraction of sp³-hybridized carbons (Fsp3) is 0.500. The zero-order valence-electron chi connectivity index (χ0n) is 9.55. The molecule has 1 aliphatic rings. The standard InChI is InChI=1S/C10H11N3O6/c11-1-4-2-13(10(18)12-8(4)17)9-7(16)6(15)5(3-14)19-9/h2,5-7,9,14-16H,3H2,(H,12,17,18)/t5-,6-,7+,9-/m1/s1. The normalized spacial score (nSPS) is 30.2. The number of aromatic nitrogens is 2. The molecule has 1 aromatic rings. The number of hydrogen-bond acceptors (Lipinski definition) is 7. The van der Waals surface area contributed by atoms with E-state index in [9.17, 15) is 19.8 Å². The maximum atomic E-state index is 11.6. The molecular formula is C10H11N3O6. The monoisotopic (exact) mass is 269 g/mol. The number of aliphatic hydroxyl groups excluding tert-OH is 3. The van der Waals surface area contributed by atoms with E-state index in [1.165, 1.54) is 0 Å². The van der Waals surface area contributed by atoms with E-state index in [1.54, 1.807) is 6.07 Å². The molecule has 0 spiro atoms. The summed E-state index contributed by atoms with van der Waals surface area (Å²) in [6.07, 6.45) is -4.25. The van der Waals surface area contributed by atoms with E-state index in [4.69, 9.17) is 15.1 Å². The first-order valence-electron chi connectivity index (χ1n) is 5.37. The summed E-state index contributed by atoms with van der Waals surface area (Å²) in [5.41, 5.74) is -2.08. The van der Waals surface area contributed by atoms with E-state index in [1.807, 2.05) is 4.98 Å². The van der Waals surface area contributed by atoms with Crippen molar-refractivity contribution in [3.8, 4) is 6.07 Å². The Morgan fingerprint density at radius 2 is 2.11 bits per heavy atom. The van der Waals surface area contributed by atoms with Crippen molar-refractivity contribution in [3.63, 3.8) is 0 Å². The van der Waals surface area contributed by atoms with Gasteiger partial charge in [0.25, 0.3) is 5.56 Å². The predicted octanol–water partition coefficient (Wildman–Crippen LogP) is -2.98. The highest BCUT2D eigenvalue weighted by molar-refractivity contribution is 5.22. The van der Waals surface area contributed by atoms with E-state index < -0.39 is 42.4 Å². The van der Waals surface area contributed by atoms with Crippen LogP contribution in [0.3, 0.4) is 0 Å². The Kier molecular flexibility index (Phi) is 3.50. The number of nitriles is 1. The molecule has 0 radical (unpaired) electrons. The molecule has 4 atom stereocenters. The van der Waals surface area contributed by atoms with Gasteiger partial charge in [0.1, 0.15) is 29.9 Å². The maximum absolute atomic E-state index is 11.6. The van der Waals surface area contributed by atoms with Crippen LogP contribution in [0.4, 0.5) is 0 Å². The summed E-state index contributed by atoms with van der Waals surface area (Å²) in [7, 11) is 0. The van der Waals surface area contributed by atoms with Gasteiger partial charge in [-0.25, -0.2) is 4.79 Å². The summed E-state index contributed by atoms with van der Waals surface area (Å²) in [6, 6.07) is 1.59. The van der Waals surface area contributed by atoms with Gasteiger partial charge in [-0.15, -0.1) is 0 Å². The fourth-order valence-electron chi connectivity index (χ4n) is 1.86. The van der Waals surface area contributed by atoms with Crippen molar-refractivity contribution in [3.05, 3.63) is 32.6 Å². The lowest BCUT2D eigenvalue weighted by atomic mass is 10.1. The second kappa shape index (κ2) is 4.94. The van der Waals surface area contributed by atoms with Gasteiger partial charge >= 0.3 is 5.69 Å². The number of ether oxygens (including phenoxy) is 1. The minimum absolute atomic E-state index is 0.336. The van der Waals surface area contributed by atoms with E-state index >= 15 is 0 Å². The predicted molar refractivity (Wildman–Crippen MR) is 59.0 cm³/mol. The highest BCUT2D eigenvalue weighted by atomic mass is 16.6. The van der Waals surface area contributed by atoms with Crippen molar-refractivity contribution in [2.75, 3.05) is 6.61 Å². The van der Waals surface area contributed by atoms with E-state index in [0.29, 0.717) is 0 Å². The molecule has 1 fully saturated rings. The Hall–Kier alpha value is -1.99. The minimum Gasteiger partial charge on any atom is -0.394 e. The Balaban J connectivity index is 2.46. The van der Waals surface area contributed by atoms with Crippen LogP contribution in [-0.4, -0.2) is 49.8 Å². The lowest BCUT2D eigenvalue weighted by molar-refractivity contribution is -0.0550. The molecule has 9 nitrogen and oxygen atoms in total. The summed E-state index contributed by atoms with van der Waals surface area (Å²) in [6.45, 7) is -0.544. The molecule has 9 heteroatoms. The van der Waals surface area contributed by atoms with Gasteiger partial charge in [0.05, 0.1) is 6.61 Å². The smallest absolute Gasteiger partial charge is 0.330 e. The fourth-order valence-corrected chi connectivity index (χ4v) is 1.86. The largest absolute Gasteiger partial charge is 0.394 e. The zero-order chi connectivity index (χ0) is 14.2. The van der Waals surface area contributed by atoms with Gasteiger partial charge in [0.2, 0.25) is 0 Å². The third-order valence-corrected chi connectivity index (χ3v) is 2.88. The third-order valence-electron chi connectivity index (χ3n) is 2.88. The Morgan fingerprint density at radius 1 is 1.42 bits per heavy atom. The van der Waals surface area contributed by atoms with Crippen molar-refractivity contribution in [2.24, 2.45) is 0 Å². The lowest BCUT2D eigenvalue weighted by Gasteiger charge is -2.16. The maximum Gasteiger partial charge on any atom is 0.330 e. The van der Waals surface area contributed by atoms with Crippen LogP contribution in [0.15, 0.2) is 15.8 Å². The average Bonchev–Trinajstić information content (AvgIpc) is 2.67. The summed E-state index contributed by atoms with van der Waals surface area (Å²) < 4.78 is 5.92. The molecule has 0 saturated carbocycles. The number of rotatable bonds is 2. The van der Waals surface area contributed by atoms with Crippen LogP contribution < -0.4 is 11.2 Å². The van der Waals surface area contributed by atoms with Crippen molar-refractivity contribution in [2.45, 2.75) is 24.5 Å². The highest BCUT2D eigenvalue weighted by Crippen LogP contribution is 2.27. The first-order chi connectivity index (χ1) is 8.99. The third kappa shape index (κ3) is 2.18. The quantitative estimate of drug-likeness (QED) is 0.447. The van der Waals surface area contributed by atoms with Crippen LogP contribution in [0.2, 0.25) is 0 Å². The molecule has 0 bridgehead atoms. The van der Waals surface area contributed by atoms with Crippen LogP contribution >= 0.6 is 0 Å². The van der Waals surface area contributed by atoms with Gasteiger partial charge in [-0.3, -0.25) is 14.3 Å². The van der Waals surface area contributed by atoms with Crippen LogP contribution in [0, 0.1) is 11.3 Å². The first kappa shape index (κ1) is 13.4. The van der Waals surface area contributed by atoms with Crippen molar-refractivity contribution in [1.29, 1.82) is 5.26 Å². The van der Waals surface area contributed by atoms with Crippen molar-refractivity contribution < 1.29 is 20.1 Å². The molecule has 0 amide bonds. The molecule has 19 heavy (non-hydrogen) atoms. The molecule has 0 unspecified atom stereocenters. The number of aromatic amines is 1. The molecule has 102 valence electrons. The molecular weight excluding hydrogens is 258 g/mol. The number of H-pyrrole nitrogens is 1. The van der Waals surface area contributed by atoms with Gasteiger partial charge in [-0.05, 0) is 0 Å². The number of nitrogens with one attached hydrogen (secondary N) is 1. The summed E-state index contributed by atoms with van der Waals surface area (Å²) >= 11 is 0. The second-order valence-electron chi connectivity index (χ2n) is 4.05. The molecule has 1 aliphatic heterocycles. The molecule has 2 heterocycles. The molecule has 2 rings (SSSR count). The van der Waals surface area contributed by atoms with E-state index in [0.717, 1.165) is 10.8 Å². The number of aliphatic hydroxyl groups is 3.